The Morgan fingerprint density at radius 2 is 2.25 bits per heavy atom. The van der Waals surface area contributed by atoms with Gasteiger partial charge in [-0.15, -0.1) is 10.2 Å². The van der Waals surface area contributed by atoms with Crippen LogP contribution in [0.2, 0.25) is 0 Å². The van der Waals surface area contributed by atoms with E-state index in [9.17, 15) is 0 Å². The smallest absolute Gasteiger partial charge is 0.137 e. The van der Waals surface area contributed by atoms with Gasteiger partial charge < -0.3 is 15.0 Å². The van der Waals surface area contributed by atoms with Crippen molar-refractivity contribution in [2.75, 3.05) is 20.3 Å². The average Bonchev–Trinajstić information content (AvgIpc) is 2.70. The summed E-state index contributed by atoms with van der Waals surface area (Å²) in [5, 5.41) is 8.12. The number of rotatable bonds is 7. The molecule has 0 aliphatic rings. The van der Waals surface area contributed by atoms with Gasteiger partial charge in [-0.2, -0.15) is 0 Å². The predicted octanol–water partition coefficient (Wildman–Crippen LogP) is 1.01. The molecule has 2 N–H and O–H groups in total. The molecule has 0 spiro atoms. The number of hydrogen-bond acceptors (Lipinski definition) is 4. The van der Waals surface area contributed by atoms with Gasteiger partial charge in [0.1, 0.15) is 12.2 Å². The van der Waals surface area contributed by atoms with Gasteiger partial charge in [0.15, 0.2) is 0 Å². The van der Waals surface area contributed by atoms with Crippen LogP contribution < -0.4 is 5.73 Å². The van der Waals surface area contributed by atoms with Crippen LogP contribution in [-0.4, -0.2) is 35.0 Å². The second kappa shape index (κ2) is 6.60. The van der Waals surface area contributed by atoms with Gasteiger partial charge in [0.2, 0.25) is 0 Å². The van der Waals surface area contributed by atoms with Crippen molar-refractivity contribution in [1.82, 2.24) is 14.8 Å². The van der Waals surface area contributed by atoms with Gasteiger partial charge in [0.25, 0.3) is 0 Å². The van der Waals surface area contributed by atoms with Crippen LogP contribution in [0.5, 0.6) is 0 Å². The Kier molecular flexibility index (Phi) is 5.42. The molecule has 5 heteroatoms. The molecule has 0 bridgehead atoms. The zero-order chi connectivity index (χ0) is 12.0. The minimum absolute atomic E-state index is 0.291. The van der Waals surface area contributed by atoms with Crippen molar-refractivity contribution in [1.29, 1.82) is 0 Å². The van der Waals surface area contributed by atoms with E-state index in [0.717, 1.165) is 18.8 Å². The Balaban J connectivity index is 2.71. The highest BCUT2D eigenvalue weighted by Gasteiger charge is 2.17. The molecular formula is C11H22N4O. The first kappa shape index (κ1) is 13.1. The van der Waals surface area contributed by atoms with E-state index in [0.29, 0.717) is 25.0 Å². The molecule has 1 heterocycles. The van der Waals surface area contributed by atoms with E-state index in [2.05, 4.69) is 24.0 Å². The summed E-state index contributed by atoms with van der Waals surface area (Å²) in [6.45, 7) is 6.46. The molecule has 16 heavy (non-hydrogen) atoms. The fraction of sp³-hybridized carbons (Fsp3) is 0.818. The van der Waals surface area contributed by atoms with Crippen molar-refractivity contribution in [2.24, 2.45) is 11.7 Å². The normalized spacial score (nSPS) is 13.3. The molecule has 0 aliphatic heterocycles. The largest absolute Gasteiger partial charge is 0.383 e. The zero-order valence-electron chi connectivity index (χ0n) is 10.4. The van der Waals surface area contributed by atoms with Gasteiger partial charge in [-0.05, 0) is 12.3 Å². The molecule has 1 rings (SSSR count). The number of nitrogens with two attached hydrogens (primary N) is 1. The lowest BCUT2D eigenvalue weighted by atomic mass is 9.96. The van der Waals surface area contributed by atoms with Gasteiger partial charge in [0.05, 0.1) is 6.61 Å². The van der Waals surface area contributed by atoms with Crippen LogP contribution in [0.1, 0.15) is 32.0 Å². The van der Waals surface area contributed by atoms with Crippen LogP contribution in [0.15, 0.2) is 6.33 Å². The van der Waals surface area contributed by atoms with Crippen molar-refractivity contribution in [2.45, 2.75) is 32.7 Å². The topological polar surface area (TPSA) is 66.0 Å². The molecule has 0 aliphatic carbocycles. The van der Waals surface area contributed by atoms with Crippen molar-refractivity contribution < 1.29 is 4.74 Å². The van der Waals surface area contributed by atoms with Gasteiger partial charge in [-0.25, -0.2) is 0 Å². The van der Waals surface area contributed by atoms with Crippen molar-refractivity contribution in [3.8, 4) is 0 Å². The van der Waals surface area contributed by atoms with E-state index >= 15 is 0 Å². The average molecular weight is 226 g/mol. The molecule has 1 atom stereocenters. The summed E-state index contributed by atoms with van der Waals surface area (Å²) in [7, 11) is 1.69. The summed E-state index contributed by atoms with van der Waals surface area (Å²) in [6, 6.07) is 0. The van der Waals surface area contributed by atoms with Crippen LogP contribution >= 0.6 is 0 Å². The number of aromatic nitrogens is 3. The van der Waals surface area contributed by atoms with E-state index in [4.69, 9.17) is 10.5 Å². The van der Waals surface area contributed by atoms with E-state index in [1.165, 1.54) is 0 Å². The molecule has 1 unspecified atom stereocenters. The second-order valence-electron chi connectivity index (χ2n) is 4.44. The minimum Gasteiger partial charge on any atom is -0.383 e. The summed E-state index contributed by atoms with van der Waals surface area (Å²) < 4.78 is 7.09. The first-order valence-electron chi connectivity index (χ1n) is 5.75. The van der Waals surface area contributed by atoms with Crippen molar-refractivity contribution in [3.05, 3.63) is 12.2 Å². The monoisotopic (exact) mass is 226 g/mol. The summed E-state index contributed by atoms with van der Waals surface area (Å²) in [5.74, 6) is 1.88. The number of hydrogen-bond donors (Lipinski definition) is 1. The van der Waals surface area contributed by atoms with Crippen LogP contribution in [0.3, 0.4) is 0 Å². The molecule has 1 aromatic heterocycles. The molecule has 0 fully saturated rings. The maximum absolute atomic E-state index is 5.80. The minimum atomic E-state index is 0.291. The van der Waals surface area contributed by atoms with E-state index < -0.39 is 0 Å². The van der Waals surface area contributed by atoms with Crippen LogP contribution in [0.25, 0.3) is 0 Å². The maximum atomic E-state index is 5.80. The molecule has 0 amide bonds. The lowest BCUT2D eigenvalue weighted by Crippen LogP contribution is -2.20. The van der Waals surface area contributed by atoms with Crippen LogP contribution in [0.4, 0.5) is 0 Å². The van der Waals surface area contributed by atoms with E-state index in [1.54, 1.807) is 13.4 Å². The van der Waals surface area contributed by atoms with Crippen molar-refractivity contribution in [3.63, 3.8) is 0 Å². The summed E-state index contributed by atoms with van der Waals surface area (Å²) in [5.41, 5.74) is 5.80. The molecule has 0 saturated heterocycles. The molecule has 0 aromatic carbocycles. The van der Waals surface area contributed by atoms with Gasteiger partial charge >= 0.3 is 0 Å². The first-order chi connectivity index (χ1) is 7.69. The van der Waals surface area contributed by atoms with Crippen LogP contribution in [0, 0.1) is 5.92 Å². The summed E-state index contributed by atoms with van der Waals surface area (Å²) in [6.07, 6.45) is 2.79. The second-order valence-corrected chi connectivity index (χ2v) is 4.44. The van der Waals surface area contributed by atoms with E-state index in [-0.39, 0.29) is 0 Å². The highest BCUT2D eigenvalue weighted by molar-refractivity contribution is 4.97. The highest BCUT2D eigenvalue weighted by atomic mass is 16.5. The fourth-order valence-electron chi connectivity index (χ4n) is 1.82. The SMILES string of the molecule is COCCn1cnnc1C(CN)CC(C)C. The third-order valence-electron chi connectivity index (χ3n) is 2.59. The molecule has 5 nitrogen and oxygen atoms in total. The Bertz CT molecular complexity index is 298. The summed E-state index contributed by atoms with van der Waals surface area (Å²) in [4.78, 5) is 0. The molecular weight excluding hydrogens is 204 g/mol. The lowest BCUT2D eigenvalue weighted by Gasteiger charge is -2.17. The van der Waals surface area contributed by atoms with Gasteiger partial charge in [-0.1, -0.05) is 13.8 Å². The number of methoxy groups -OCH3 is 1. The maximum Gasteiger partial charge on any atom is 0.137 e. The third-order valence-corrected chi connectivity index (χ3v) is 2.59. The van der Waals surface area contributed by atoms with Gasteiger partial charge in [0, 0.05) is 26.1 Å². The van der Waals surface area contributed by atoms with Crippen LogP contribution in [-0.2, 0) is 11.3 Å². The Morgan fingerprint density at radius 3 is 2.81 bits per heavy atom. The molecule has 0 saturated carbocycles. The fourth-order valence-corrected chi connectivity index (χ4v) is 1.82. The quantitative estimate of drug-likeness (QED) is 0.753. The van der Waals surface area contributed by atoms with Crippen molar-refractivity contribution >= 4 is 0 Å². The highest BCUT2D eigenvalue weighted by Crippen LogP contribution is 2.20. The Hall–Kier alpha value is -0.940. The third kappa shape index (κ3) is 3.57. The molecule has 0 radical (unpaired) electrons. The molecule has 92 valence electrons. The number of ether oxygens (including phenoxy) is 1. The number of nitrogens with zero attached hydrogens (tertiary/aromatic N) is 3. The lowest BCUT2D eigenvalue weighted by molar-refractivity contribution is 0.185. The van der Waals surface area contributed by atoms with E-state index in [1.807, 2.05) is 4.57 Å². The zero-order valence-corrected chi connectivity index (χ0v) is 10.4. The Morgan fingerprint density at radius 1 is 1.50 bits per heavy atom. The van der Waals surface area contributed by atoms with Gasteiger partial charge in [-0.3, -0.25) is 0 Å². The Labute approximate surface area is 97.0 Å². The molecule has 1 aromatic rings. The first-order valence-corrected chi connectivity index (χ1v) is 5.75. The standard InChI is InChI=1S/C11H22N4O/c1-9(2)6-10(7-12)11-14-13-8-15(11)4-5-16-3/h8-10H,4-7,12H2,1-3H3. The summed E-state index contributed by atoms with van der Waals surface area (Å²) >= 11 is 0. The predicted molar refractivity (Wildman–Crippen MR) is 63.1 cm³/mol.